The van der Waals surface area contributed by atoms with E-state index in [1.807, 2.05) is 47.4 Å². The van der Waals surface area contributed by atoms with Crippen LogP contribution in [0.25, 0.3) is 0 Å². The maximum atomic E-state index is 14.0. The zero-order valence-corrected chi connectivity index (χ0v) is 31.4. The third kappa shape index (κ3) is 10.7. The summed E-state index contributed by atoms with van der Waals surface area (Å²) >= 11 is 6.06. The number of nitrogens with zero attached hydrogens (tertiary/aromatic N) is 5. The number of hydrogen-bond donors (Lipinski definition) is 1. The van der Waals surface area contributed by atoms with Crippen molar-refractivity contribution in [3.63, 3.8) is 0 Å². The lowest BCUT2D eigenvalue weighted by molar-refractivity contribution is -0.192. The highest BCUT2D eigenvalue weighted by Crippen LogP contribution is 2.30. The summed E-state index contributed by atoms with van der Waals surface area (Å²) in [7, 11) is 0. The van der Waals surface area contributed by atoms with Gasteiger partial charge in [0.1, 0.15) is 6.54 Å². The van der Waals surface area contributed by atoms with Gasteiger partial charge in [0, 0.05) is 80.1 Å². The van der Waals surface area contributed by atoms with Gasteiger partial charge in [-0.25, -0.2) is 4.79 Å². The number of carboxylic acids is 1. The fourth-order valence-corrected chi connectivity index (χ4v) is 6.67. The average molecular weight is 782 g/mol. The zero-order chi connectivity index (χ0) is 39.9. The maximum absolute atomic E-state index is 14.0. The zero-order valence-electron chi connectivity index (χ0n) is 30.6. The minimum absolute atomic E-state index is 0.0277. The SMILES string of the molecule is CC(C)N1CCN(C(=O)CCc2ccc3c(c2)N(Cc2ccc(C(=O)N4CC=CC4)cc2)C(=O)CN(C(=O)c2ccc(Cl)cc2)C3)CC1.O=C(O)C(F)(F)F. The van der Waals surface area contributed by atoms with Crippen LogP contribution in [0.4, 0.5) is 18.9 Å². The molecule has 0 radical (unpaired) electrons. The number of carboxylic acid groups (broad SMARTS) is 1. The summed E-state index contributed by atoms with van der Waals surface area (Å²) in [6, 6.07) is 20.5. The van der Waals surface area contributed by atoms with Gasteiger partial charge < -0.3 is 24.7 Å². The largest absolute Gasteiger partial charge is 0.490 e. The second-order valence-corrected chi connectivity index (χ2v) is 14.2. The van der Waals surface area contributed by atoms with Gasteiger partial charge >= 0.3 is 12.1 Å². The Morgan fingerprint density at radius 1 is 0.764 bits per heavy atom. The first-order valence-electron chi connectivity index (χ1n) is 17.9. The van der Waals surface area contributed by atoms with E-state index in [-0.39, 0.29) is 43.3 Å². The van der Waals surface area contributed by atoms with Gasteiger partial charge in [0.05, 0.1) is 6.54 Å². The highest BCUT2D eigenvalue weighted by molar-refractivity contribution is 6.30. The van der Waals surface area contributed by atoms with E-state index >= 15 is 0 Å². The van der Waals surface area contributed by atoms with E-state index in [0.29, 0.717) is 48.1 Å². The Kier molecular flexibility index (Phi) is 13.4. The predicted octanol–water partition coefficient (Wildman–Crippen LogP) is 5.66. The Morgan fingerprint density at radius 3 is 1.87 bits per heavy atom. The Bertz CT molecular complexity index is 1900. The molecule has 1 saturated heterocycles. The topological polar surface area (TPSA) is 122 Å². The second kappa shape index (κ2) is 17.9. The number of piperazine rings is 1. The molecular formula is C40H43ClF3N5O6. The van der Waals surface area contributed by atoms with Crippen molar-refractivity contribution in [2.75, 3.05) is 50.7 Å². The van der Waals surface area contributed by atoms with E-state index in [1.54, 1.807) is 51.1 Å². The van der Waals surface area contributed by atoms with Gasteiger partial charge in [-0.3, -0.25) is 24.1 Å². The standard InChI is InChI=1S/C38H42ClN5O4.C2HF3O2/c1-27(2)40-19-21-41(22-20-40)35(45)16-8-28-5-11-32-25-43(38(48)31-12-14-33(39)15-13-31)26-36(46)44(34(32)23-28)24-29-6-9-30(10-7-29)37(47)42-17-3-4-18-42;3-2(4,5)1(6)7/h3-7,9-15,23,27H,8,16-22,24-26H2,1-2H3;(H,6,7). The van der Waals surface area contributed by atoms with Crippen LogP contribution >= 0.6 is 11.6 Å². The molecule has 0 bridgehead atoms. The number of carbonyl (C=O) groups is 5. The van der Waals surface area contributed by atoms with E-state index in [9.17, 15) is 32.3 Å². The number of halogens is 4. The number of amides is 4. The molecule has 11 nitrogen and oxygen atoms in total. The Morgan fingerprint density at radius 2 is 1.31 bits per heavy atom. The first kappa shape index (κ1) is 41.0. The fraction of sp³-hybridized carbons (Fsp3) is 0.375. The van der Waals surface area contributed by atoms with Gasteiger partial charge in [-0.15, -0.1) is 0 Å². The number of carbonyl (C=O) groups excluding carboxylic acids is 4. The van der Waals surface area contributed by atoms with Crippen LogP contribution in [0.1, 0.15) is 57.7 Å². The molecule has 292 valence electrons. The van der Waals surface area contributed by atoms with Crippen LogP contribution in [0.2, 0.25) is 5.02 Å². The van der Waals surface area contributed by atoms with Crippen molar-refractivity contribution in [3.05, 3.63) is 112 Å². The normalized spacial score (nSPS) is 16.1. The Labute approximate surface area is 322 Å². The Hall–Kier alpha value is -5.21. The molecule has 15 heteroatoms. The molecule has 3 heterocycles. The highest BCUT2D eigenvalue weighted by atomic mass is 35.5. The van der Waals surface area contributed by atoms with Crippen LogP contribution in [0.3, 0.4) is 0 Å². The molecule has 0 aromatic heterocycles. The summed E-state index contributed by atoms with van der Waals surface area (Å²) in [5.41, 5.74) is 4.45. The molecule has 1 N–H and O–H groups in total. The molecule has 3 aliphatic rings. The summed E-state index contributed by atoms with van der Waals surface area (Å²) in [5.74, 6) is -3.11. The third-order valence-corrected chi connectivity index (χ3v) is 9.97. The van der Waals surface area contributed by atoms with Crippen molar-refractivity contribution < 1.29 is 42.3 Å². The van der Waals surface area contributed by atoms with E-state index in [0.717, 1.165) is 48.6 Å². The van der Waals surface area contributed by atoms with Gasteiger partial charge in [-0.05, 0) is 79.4 Å². The third-order valence-electron chi connectivity index (χ3n) is 9.72. The molecule has 0 saturated carbocycles. The molecule has 3 aromatic rings. The van der Waals surface area contributed by atoms with Crippen LogP contribution in [0.5, 0.6) is 0 Å². The molecule has 0 unspecified atom stereocenters. The fourth-order valence-electron chi connectivity index (χ4n) is 6.55. The lowest BCUT2D eigenvalue weighted by atomic mass is 10.0. The molecule has 0 aliphatic carbocycles. The van der Waals surface area contributed by atoms with E-state index in [4.69, 9.17) is 21.5 Å². The van der Waals surface area contributed by atoms with E-state index in [2.05, 4.69) is 18.7 Å². The number of anilines is 1. The predicted molar refractivity (Wildman–Crippen MR) is 201 cm³/mol. The van der Waals surface area contributed by atoms with Gasteiger partial charge in [-0.1, -0.05) is 48.0 Å². The highest BCUT2D eigenvalue weighted by Gasteiger charge is 2.38. The van der Waals surface area contributed by atoms with Gasteiger partial charge in [0.15, 0.2) is 0 Å². The van der Waals surface area contributed by atoms with Crippen LogP contribution in [0, 0.1) is 0 Å². The first-order chi connectivity index (χ1) is 26.1. The van der Waals surface area contributed by atoms with Crippen molar-refractivity contribution in [2.24, 2.45) is 0 Å². The lowest BCUT2D eigenvalue weighted by Gasteiger charge is -2.37. The smallest absolute Gasteiger partial charge is 0.475 e. The summed E-state index contributed by atoms with van der Waals surface area (Å²) in [5, 5.41) is 7.66. The first-order valence-corrected chi connectivity index (χ1v) is 18.3. The van der Waals surface area contributed by atoms with Crippen molar-refractivity contribution in [1.82, 2.24) is 19.6 Å². The quantitative estimate of drug-likeness (QED) is 0.293. The second-order valence-electron chi connectivity index (χ2n) is 13.8. The Balaban J connectivity index is 0.000000757. The molecule has 3 aromatic carbocycles. The number of rotatable bonds is 8. The number of hydrogen-bond acceptors (Lipinski definition) is 6. The van der Waals surface area contributed by atoms with Gasteiger partial charge in [0.25, 0.3) is 11.8 Å². The van der Waals surface area contributed by atoms with Gasteiger partial charge in [0.2, 0.25) is 11.8 Å². The lowest BCUT2D eigenvalue weighted by Crippen LogP contribution is -2.50. The molecule has 0 spiro atoms. The van der Waals surface area contributed by atoms with Crippen molar-refractivity contribution in [3.8, 4) is 0 Å². The van der Waals surface area contributed by atoms with Crippen LogP contribution in [-0.2, 0) is 33.9 Å². The average Bonchev–Trinajstić information content (AvgIpc) is 3.67. The number of aryl methyl sites for hydroxylation is 1. The van der Waals surface area contributed by atoms with E-state index < -0.39 is 12.1 Å². The molecule has 55 heavy (non-hydrogen) atoms. The number of benzene rings is 3. The minimum atomic E-state index is -5.08. The van der Waals surface area contributed by atoms with Gasteiger partial charge in [-0.2, -0.15) is 13.2 Å². The monoisotopic (exact) mass is 781 g/mol. The van der Waals surface area contributed by atoms with Crippen molar-refractivity contribution >= 4 is 46.9 Å². The van der Waals surface area contributed by atoms with Crippen LogP contribution in [-0.4, -0.2) is 112 Å². The maximum Gasteiger partial charge on any atom is 0.490 e. The molecule has 3 aliphatic heterocycles. The molecule has 4 amide bonds. The van der Waals surface area contributed by atoms with Crippen molar-refractivity contribution in [1.29, 1.82) is 0 Å². The minimum Gasteiger partial charge on any atom is -0.475 e. The molecule has 0 atom stereocenters. The molecular weight excluding hydrogens is 739 g/mol. The molecule has 1 fully saturated rings. The summed E-state index contributed by atoms with van der Waals surface area (Å²) in [6.45, 7) is 9.25. The summed E-state index contributed by atoms with van der Waals surface area (Å²) in [4.78, 5) is 71.9. The van der Waals surface area contributed by atoms with Crippen LogP contribution in [0.15, 0.2) is 78.9 Å². The van der Waals surface area contributed by atoms with Crippen molar-refractivity contribution in [2.45, 2.75) is 52.0 Å². The summed E-state index contributed by atoms with van der Waals surface area (Å²) in [6.07, 6.45) is -0.187. The number of aliphatic carboxylic acids is 1. The number of alkyl halides is 3. The number of fused-ring (bicyclic) bond motifs is 1. The van der Waals surface area contributed by atoms with Crippen LogP contribution < -0.4 is 4.90 Å². The van der Waals surface area contributed by atoms with E-state index in [1.165, 1.54) is 0 Å². The summed E-state index contributed by atoms with van der Waals surface area (Å²) < 4.78 is 31.7. The molecule has 6 rings (SSSR count).